The normalized spacial score (nSPS) is 10.3. The van der Waals surface area contributed by atoms with Crippen LogP contribution in [0.2, 0.25) is 5.15 Å². The van der Waals surface area contributed by atoms with Crippen molar-refractivity contribution in [3.63, 3.8) is 0 Å². The smallest absolute Gasteiger partial charge is 0.129 e. The van der Waals surface area contributed by atoms with Gasteiger partial charge < -0.3 is 0 Å². The van der Waals surface area contributed by atoms with E-state index in [1.807, 2.05) is 24.4 Å². The molecule has 0 bridgehead atoms. The Labute approximate surface area is 85.2 Å². The van der Waals surface area contributed by atoms with E-state index in [0.717, 1.165) is 16.4 Å². The zero-order valence-corrected chi connectivity index (χ0v) is 8.56. The van der Waals surface area contributed by atoms with Crippen molar-refractivity contribution in [2.24, 2.45) is 0 Å². The first-order chi connectivity index (χ1) is 6.25. The van der Waals surface area contributed by atoms with Crippen LogP contribution < -0.4 is 0 Å². The Morgan fingerprint density at radius 1 is 1.23 bits per heavy atom. The van der Waals surface area contributed by atoms with Gasteiger partial charge in [-0.1, -0.05) is 17.7 Å². The van der Waals surface area contributed by atoms with Crippen molar-refractivity contribution >= 4 is 22.9 Å². The highest BCUT2D eigenvalue weighted by atomic mass is 35.5. The molecule has 0 aliphatic rings. The highest BCUT2D eigenvalue weighted by Crippen LogP contribution is 2.20. The van der Waals surface area contributed by atoms with Gasteiger partial charge >= 0.3 is 0 Å². The summed E-state index contributed by atoms with van der Waals surface area (Å²) in [5.41, 5.74) is 1.72. The van der Waals surface area contributed by atoms with Gasteiger partial charge in [-0.2, -0.15) is 0 Å². The molecule has 0 unspecified atom stereocenters. The molecule has 0 amide bonds. The summed E-state index contributed by atoms with van der Waals surface area (Å²) in [6.07, 6.45) is 0. The molecule has 2 aromatic heterocycles. The van der Waals surface area contributed by atoms with Gasteiger partial charge in [0.2, 0.25) is 0 Å². The maximum Gasteiger partial charge on any atom is 0.129 e. The highest BCUT2D eigenvalue weighted by Gasteiger charge is 2.02. The van der Waals surface area contributed by atoms with Crippen molar-refractivity contribution in [3.05, 3.63) is 33.7 Å². The van der Waals surface area contributed by atoms with Crippen LogP contribution in [0.5, 0.6) is 0 Å². The molecule has 0 atom stereocenters. The van der Waals surface area contributed by atoms with Crippen molar-refractivity contribution in [1.82, 2.24) is 9.97 Å². The Bertz CT molecular complexity index is 425. The fourth-order valence-electron chi connectivity index (χ4n) is 1.03. The standard InChI is InChI=1S/C9H7ClN2S/c1-6-11-8(5-13-6)7-3-2-4-9(10)12-7/h2-5H,1H3. The number of hydrogen-bond acceptors (Lipinski definition) is 3. The summed E-state index contributed by atoms with van der Waals surface area (Å²) in [5.74, 6) is 0. The van der Waals surface area contributed by atoms with Gasteiger partial charge in [-0.05, 0) is 19.1 Å². The Balaban J connectivity index is 2.46. The van der Waals surface area contributed by atoms with Gasteiger partial charge in [0.25, 0.3) is 0 Å². The zero-order valence-electron chi connectivity index (χ0n) is 6.99. The molecule has 4 heteroatoms. The summed E-state index contributed by atoms with van der Waals surface area (Å²) in [5, 5.41) is 3.52. The van der Waals surface area contributed by atoms with Gasteiger partial charge in [0.05, 0.1) is 16.4 Å². The topological polar surface area (TPSA) is 25.8 Å². The van der Waals surface area contributed by atoms with E-state index in [-0.39, 0.29) is 0 Å². The van der Waals surface area contributed by atoms with Gasteiger partial charge in [-0.25, -0.2) is 9.97 Å². The molecule has 2 heterocycles. The molecule has 0 spiro atoms. The number of aromatic nitrogens is 2. The summed E-state index contributed by atoms with van der Waals surface area (Å²) in [7, 11) is 0. The molecule has 0 aromatic carbocycles. The second-order valence-corrected chi connectivity index (χ2v) is 4.05. The van der Waals surface area contributed by atoms with Crippen molar-refractivity contribution in [3.8, 4) is 11.4 Å². The third-order valence-electron chi connectivity index (χ3n) is 1.60. The Morgan fingerprint density at radius 3 is 2.69 bits per heavy atom. The van der Waals surface area contributed by atoms with Gasteiger partial charge in [0.15, 0.2) is 0 Å². The van der Waals surface area contributed by atoms with Crippen molar-refractivity contribution in [1.29, 1.82) is 0 Å². The third-order valence-corrected chi connectivity index (χ3v) is 2.58. The largest absolute Gasteiger partial charge is 0.240 e. The van der Waals surface area contributed by atoms with E-state index >= 15 is 0 Å². The molecule has 2 nitrogen and oxygen atoms in total. The lowest BCUT2D eigenvalue weighted by Gasteiger charge is -1.94. The SMILES string of the molecule is Cc1nc(-c2cccc(Cl)n2)cs1. The molecule has 2 aromatic rings. The molecule has 0 aliphatic heterocycles. The summed E-state index contributed by atoms with van der Waals surface area (Å²) in [6.45, 7) is 1.97. The summed E-state index contributed by atoms with van der Waals surface area (Å²) in [4.78, 5) is 8.49. The lowest BCUT2D eigenvalue weighted by Crippen LogP contribution is -1.83. The second kappa shape index (κ2) is 3.44. The van der Waals surface area contributed by atoms with Crippen LogP contribution in [0, 0.1) is 6.92 Å². The summed E-state index contributed by atoms with van der Waals surface area (Å²) < 4.78 is 0. The third kappa shape index (κ3) is 1.87. The average Bonchev–Trinajstić information content (AvgIpc) is 2.52. The molecular weight excluding hydrogens is 204 g/mol. The van der Waals surface area contributed by atoms with E-state index < -0.39 is 0 Å². The quantitative estimate of drug-likeness (QED) is 0.676. The Kier molecular flexibility index (Phi) is 2.29. The van der Waals surface area contributed by atoms with Gasteiger partial charge in [0, 0.05) is 5.38 Å². The fraction of sp³-hybridized carbons (Fsp3) is 0.111. The predicted octanol–water partition coefficient (Wildman–Crippen LogP) is 3.17. The molecule has 0 aliphatic carbocycles. The Hall–Kier alpha value is -0.930. The van der Waals surface area contributed by atoms with Crippen LogP contribution in [-0.4, -0.2) is 9.97 Å². The minimum atomic E-state index is 0.503. The van der Waals surface area contributed by atoms with Crippen LogP contribution in [-0.2, 0) is 0 Å². The van der Waals surface area contributed by atoms with Gasteiger partial charge in [-0.15, -0.1) is 11.3 Å². The number of halogens is 1. The summed E-state index contributed by atoms with van der Waals surface area (Å²) >= 11 is 7.38. The average molecular weight is 211 g/mol. The molecule has 2 rings (SSSR count). The lowest BCUT2D eigenvalue weighted by atomic mass is 10.3. The molecule has 0 fully saturated rings. The summed E-state index contributed by atoms with van der Waals surface area (Å²) in [6, 6.07) is 5.53. The maximum atomic E-state index is 5.77. The van der Waals surface area contributed by atoms with E-state index in [9.17, 15) is 0 Å². The van der Waals surface area contributed by atoms with E-state index in [4.69, 9.17) is 11.6 Å². The number of hydrogen-bond donors (Lipinski definition) is 0. The minimum Gasteiger partial charge on any atom is -0.240 e. The van der Waals surface area contributed by atoms with Crippen LogP contribution in [0.1, 0.15) is 5.01 Å². The van der Waals surface area contributed by atoms with Gasteiger partial charge in [-0.3, -0.25) is 0 Å². The van der Waals surface area contributed by atoms with Crippen LogP contribution in [0.3, 0.4) is 0 Å². The number of pyridine rings is 1. The zero-order chi connectivity index (χ0) is 9.26. The van der Waals surface area contributed by atoms with Crippen LogP contribution in [0.25, 0.3) is 11.4 Å². The van der Waals surface area contributed by atoms with Gasteiger partial charge in [0.1, 0.15) is 5.15 Å². The van der Waals surface area contributed by atoms with Crippen LogP contribution in [0.15, 0.2) is 23.6 Å². The predicted molar refractivity (Wildman–Crippen MR) is 55.1 cm³/mol. The molecule has 66 valence electrons. The maximum absolute atomic E-state index is 5.77. The number of thiazole rings is 1. The van der Waals surface area contributed by atoms with E-state index in [2.05, 4.69) is 9.97 Å². The van der Waals surface area contributed by atoms with Crippen molar-refractivity contribution < 1.29 is 0 Å². The lowest BCUT2D eigenvalue weighted by molar-refractivity contribution is 1.24. The monoisotopic (exact) mass is 210 g/mol. The molecule has 0 N–H and O–H groups in total. The molecule has 13 heavy (non-hydrogen) atoms. The van der Waals surface area contributed by atoms with E-state index in [1.165, 1.54) is 0 Å². The van der Waals surface area contributed by atoms with Crippen LogP contribution >= 0.6 is 22.9 Å². The first-order valence-corrected chi connectivity index (χ1v) is 5.06. The van der Waals surface area contributed by atoms with Crippen LogP contribution in [0.4, 0.5) is 0 Å². The minimum absolute atomic E-state index is 0.503. The molecule has 0 saturated carbocycles. The van der Waals surface area contributed by atoms with Crippen molar-refractivity contribution in [2.75, 3.05) is 0 Å². The molecule has 0 radical (unpaired) electrons. The Morgan fingerprint density at radius 2 is 2.08 bits per heavy atom. The van der Waals surface area contributed by atoms with Crippen molar-refractivity contribution in [2.45, 2.75) is 6.92 Å². The highest BCUT2D eigenvalue weighted by molar-refractivity contribution is 7.09. The fourth-order valence-corrected chi connectivity index (χ4v) is 1.80. The first kappa shape index (κ1) is 8.66. The molecule has 0 saturated heterocycles. The number of aryl methyl sites for hydroxylation is 1. The van der Waals surface area contributed by atoms with E-state index in [1.54, 1.807) is 17.4 Å². The first-order valence-electron chi connectivity index (χ1n) is 3.81. The second-order valence-electron chi connectivity index (χ2n) is 2.60. The number of rotatable bonds is 1. The molecular formula is C9H7ClN2S. The number of nitrogens with zero attached hydrogens (tertiary/aromatic N) is 2. The van der Waals surface area contributed by atoms with E-state index in [0.29, 0.717) is 5.15 Å².